The van der Waals surface area contributed by atoms with Crippen molar-refractivity contribution < 1.29 is 9.13 Å². The Morgan fingerprint density at radius 3 is 2.23 bits per heavy atom. The van der Waals surface area contributed by atoms with Gasteiger partial charge in [0.2, 0.25) is 0 Å². The molecule has 1 fully saturated rings. The predicted octanol–water partition coefficient (Wildman–Crippen LogP) is 3.82. The van der Waals surface area contributed by atoms with Crippen molar-refractivity contribution in [1.29, 1.82) is 0 Å². The lowest BCUT2D eigenvalue weighted by molar-refractivity contribution is 0.0461. The van der Waals surface area contributed by atoms with E-state index in [1.807, 2.05) is 36.4 Å². The van der Waals surface area contributed by atoms with E-state index in [4.69, 9.17) is 4.74 Å². The van der Waals surface area contributed by atoms with Gasteiger partial charge in [0, 0.05) is 19.1 Å². The first-order chi connectivity index (χ1) is 10.8. The molecule has 3 heteroatoms. The molecule has 1 aliphatic heterocycles. The van der Waals surface area contributed by atoms with Crippen molar-refractivity contribution >= 4 is 0 Å². The van der Waals surface area contributed by atoms with E-state index < -0.39 is 0 Å². The Hall–Kier alpha value is -1.71. The summed E-state index contributed by atoms with van der Waals surface area (Å²) < 4.78 is 19.3. The van der Waals surface area contributed by atoms with Crippen molar-refractivity contribution in [2.24, 2.45) is 0 Å². The van der Waals surface area contributed by atoms with Gasteiger partial charge >= 0.3 is 0 Å². The molecule has 0 radical (unpaired) electrons. The number of ether oxygens (including phenoxy) is 1. The highest BCUT2D eigenvalue weighted by Gasteiger charge is 2.32. The molecular weight excluding hydrogens is 277 g/mol. The lowest BCUT2D eigenvalue weighted by atomic mass is 10.2. The largest absolute Gasteiger partial charge is 0.372 e. The lowest BCUT2D eigenvalue weighted by Gasteiger charge is -2.21. The Bertz CT molecular complexity index is 560. The first-order valence-electron chi connectivity index (χ1n) is 7.84. The van der Waals surface area contributed by atoms with Gasteiger partial charge in [0.05, 0.1) is 12.7 Å². The molecule has 0 saturated carbocycles. The molecule has 0 spiro atoms. The van der Waals surface area contributed by atoms with Gasteiger partial charge < -0.3 is 4.74 Å². The zero-order chi connectivity index (χ0) is 15.2. The van der Waals surface area contributed by atoms with Gasteiger partial charge in [0.15, 0.2) is 0 Å². The van der Waals surface area contributed by atoms with Crippen LogP contribution in [0.3, 0.4) is 0 Å². The maximum Gasteiger partial charge on any atom is 0.105 e. The van der Waals surface area contributed by atoms with Crippen LogP contribution in [-0.2, 0) is 17.9 Å². The molecule has 2 aromatic rings. The molecule has 1 saturated heterocycles. The second kappa shape index (κ2) is 7.52. The van der Waals surface area contributed by atoms with Gasteiger partial charge in [-0.1, -0.05) is 60.7 Å². The Morgan fingerprint density at radius 2 is 1.59 bits per heavy atom. The molecular formula is C19H22FNO. The number of hydrogen-bond acceptors (Lipinski definition) is 2. The van der Waals surface area contributed by atoms with Crippen LogP contribution < -0.4 is 0 Å². The van der Waals surface area contributed by atoms with Crippen molar-refractivity contribution in [1.82, 2.24) is 4.90 Å². The van der Waals surface area contributed by atoms with E-state index in [9.17, 15) is 4.39 Å². The number of likely N-dealkylation sites (tertiary alicyclic amines) is 1. The molecule has 0 amide bonds. The molecule has 1 aliphatic rings. The predicted molar refractivity (Wildman–Crippen MR) is 86.3 cm³/mol. The topological polar surface area (TPSA) is 12.5 Å². The van der Waals surface area contributed by atoms with Gasteiger partial charge in [-0.05, 0) is 17.5 Å². The van der Waals surface area contributed by atoms with Gasteiger partial charge in [0.25, 0.3) is 0 Å². The summed E-state index contributed by atoms with van der Waals surface area (Å²) in [7, 11) is 0. The summed E-state index contributed by atoms with van der Waals surface area (Å²) in [4.78, 5) is 2.20. The first-order valence-corrected chi connectivity index (χ1v) is 7.84. The fourth-order valence-electron chi connectivity index (χ4n) is 3.02. The number of halogens is 1. The van der Waals surface area contributed by atoms with Crippen LogP contribution in [0.4, 0.5) is 4.39 Å². The highest BCUT2D eigenvalue weighted by atomic mass is 19.1. The van der Waals surface area contributed by atoms with Crippen molar-refractivity contribution in [3.63, 3.8) is 0 Å². The van der Waals surface area contributed by atoms with E-state index in [-0.39, 0.29) is 18.8 Å². The fraction of sp³-hybridized carbons (Fsp3) is 0.368. The SMILES string of the molecule is FCC1CC(OCc2ccccc2)CN1Cc1ccccc1. The summed E-state index contributed by atoms with van der Waals surface area (Å²) in [6.07, 6.45) is 0.889. The van der Waals surface area contributed by atoms with E-state index in [2.05, 4.69) is 29.2 Å². The quantitative estimate of drug-likeness (QED) is 0.804. The standard InChI is InChI=1S/C19H22FNO/c20-12-18-11-19(22-15-17-9-5-2-6-10-17)14-21(18)13-16-7-3-1-4-8-16/h1-10,18-19H,11-15H2. The van der Waals surface area contributed by atoms with Crippen molar-refractivity contribution in [2.45, 2.75) is 31.7 Å². The molecule has 3 rings (SSSR count). The highest BCUT2D eigenvalue weighted by molar-refractivity contribution is 5.15. The Balaban J connectivity index is 1.55. The second-order valence-electron chi connectivity index (χ2n) is 5.88. The first kappa shape index (κ1) is 15.2. The van der Waals surface area contributed by atoms with Gasteiger partial charge in [-0.15, -0.1) is 0 Å². The second-order valence-corrected chi connectivity index (χ2v) is 5.88. The number of benzene rings is 2. The highest BCUT2D eigenvalue weighted by Crippen LogP contribution is 2.24. The normalized spacial score (nSPS) is 22.0. The van der Waals surface area contributed by atoms with Gasteiger partial charge in [0.1, 0.15) is 6.67 Å². The van der Waals surface area contributed by atoms with Crippen molar-refractivity contribution in [3.05, 3.63) is 71.8 Å². The minimum absolute atomic E-state index is 0.0269. The van der Waals surface area contributed by atoms with E-state index in [0.29, 0.717) is 6.61 Å². The molecule has 2 atom stereocenters. The summed E-state index contributed by atoms with van der Waals surface area (Å²) in [5, 5.41) is 0. The van der Waals surface area contributed by atoms with E-state index in [0.717, 1.165) is 19.5 Å². The van der Waals surface area contributed by atoms with Crippen LogP contribution in [0.1, 0.15) is 17.5 Å². The van der Waals surface area contributed by atoms with Crippen LogP contribution in [0.15, 0.2) is 60.7 Å². The van der Waals surface area contributed by atoms with Crippen LogP contribution in [0, 0.1) is 0 Å². The lowest BCUT2D eigenvalue weighted by Crippen LogP contribution is -2.30. The summed E-state index contributed by atoms with van der Waals surface area (Å²) in [6, 6.07) is 20.4. The molecule has 22 heavy (non-hydrogen) atoms. The molecule has 2 aromatic carbocycles. The number of nitrogens with zero attached hydrogens (tertiary/aromatic N) is 1. The summed E-state index contributed by atoms with van der Waals surface area (Å²) >= 11 is 0. The molecule has 1 heterocycles. The van der Waals surface area contributed by atoms with E-state index in [1.165, 1.54) is 11.1 Å². The molecule has 0 N–H and O–H groups in total. The minimum atomic E-state index is -0.308. The zero-order valence-corrected chi connectivity index (χ0v) is 12.7. The Kier molecular flexibility index (Phi) is 5.20. The number of alkyl halides is 1. The van der Waals surface area contributed by atoms with Gasteiger partial charge in [-0.2, -0.15) is 0 Å². The Morgan fingerprint density at radius 1 is 0.955 bits per heavy atom. The third-order valence-electron chi connectivity index (χ3n) is 4.22. The van der Waals surface area contributed by atoms with Gasteiger partial charge in [-0.25, -0.2) is 4.39 Å². The average Bonchev–Trinajstić information content (AvgIpc) is 2.97. The van der Waals surface area contributed by atoms with E-state index in [1.54, 1.807) is 0 Å². The summed E-state index contributed by atoms with van der Waals surface area (Å²) in [5.74, 6) is 0. The van der Waals surface area contributed by atoms with Crippen molar-refractivity contribution in [2.75, 3.05) is 13.2 Å². The van der Waals surface area contributed by atoms with Crippen LogP contribution in [0.25, 0.3) is 0 Å². The summed E-state index contributed by atoms with van der Waals surface area (Å²) in [6.45, 7) is 1.89. The molecule has 0 aromatic heterocycles. The van der Waals surface area contributed by atoms with Crippen LogP contribution >= 0.6 is 0 Å². The monoisotopic (exact) mass is 299 g/mol. The average molecular weight is 299 g/mol. The molecule has 2 unspecified atom stereocenters. The third kappa shape index (κ3) is 3.93. The number of rotatable bonds is 6. The molecule has 116 valence electrons. The fourth-order valence-corrected chi connectivity index (χ4v) is 3.02. The Labute approximate surface area is 131 Å². The van der Waals surface area contributed by atoms with Crippen LogP contribution in [-0.4, -0.2) is 30.3 Å². The maximum absolute atomic E-state index is 13.3. The van der Waals surface area contributed by atoms with Crippen LogP contribution in [0.2, 0.25) is 0 Å². The maximum atomic E-state index is 13.3. The minimum Gasteiger partial charge on any atom is -0.372 e. The third-order valence-corrected chi connectivity index (χ3v) is 4.22. The van der Waals surface area contributed by atoms with E-state index >= 15 is 0 Å². The molecule has 0 aliphatic carbocycles. The van der Waals surface area contributed by atoms with Crippen molar-refractivity contribution in [3.8, 4) is 0 Å². The van der Waals surface area contributed by atoms with Crippen LogP contribution in [0.5, 0.6) is 0 Å². The molecule has 0 bridgehead atoms. The summed E-state index contributed by atoms with van der Waals surface area (Å²) in [5.41, 5.74) is 2.39. The number of hydrogen-bond donors (Lipinski definition) is 0. The zero-order valence-electron chi connectivity index (χ0n) is 12.7. The molecule has 2 nitrogen and oxygen atoms in total. The smallest absolute Gasteiger partial charge is 0.105 e. The van der Waals surface area contributed by atoms with Gasteiger partial charge in [-0.3, -0.25) is 4.90 Å².